The summed E-state index contributed by atoms with van der Waals surface area (Å²) >= 11 is 1.57. The topological polar surface area (TPSA) is 71.0 Å². The summed E-state index contributed by atoms with van der Waals surface area (Å²) in [4.78, 5) is 26.7. The van der Waals surface area contributed by atoms with E-state index in [1.807, 2.05) is 30.5 Å². The Kier molecular flexibility index (Phi) is 4.90. The zero-order valence-corrected chi connectivity index (χ0v) is 14.0. The number of amides is 2. The highest BCUT2D eigenvalue weighted by atomic mass is 32.1. The summed E-state index contributed by atoms with van der Waals surface area (Å²) in [5.74, 6) is 0.00518. The number of nitrogens with one attached hydrogen (secondary N) is 1. The van der Waals surface area contributed by atoms with E-state index in [0.29, 0.717) is 17.9 Å². The number of benzene rings is 1. The molecule has 0 saturated heterocycles. The fraction of sp³-hybridized carbons (Fsp3) is 0.235. The molecule has 0 bridgehead atoms. The normalized spacial score (nSPS) is 14.1. The van der Waals surface area contributed by atoms with Gasteiger partial charge in [0.15, 0.2) is 6.61 Å². The number of carbonyl (C=O) groups excluding carboxylic acids is 2. The maximum atomic E-state index is 12.2. The lowest BCUT2D eigenvalue weighted by Gasteiger charge is -2.28. The van der Waals surface area contributed by atoms with Crippen molar-refractivity contribution in [3.8, 4) is 5.75 Å². The highest BCUT2D eigenvalue weighted by Gasteiger charge is 2.26. The minimum atomic E-state index is -0.345. The predicted octanol–water partition coefficient (Wildman–Crippen LogP) is 2.40. The van der Waals surface area contributed by atoms with Crippen molar-refractivity contribution >= 4 is 34.6 Å². The Morgan fingerprint density at radius 1 is 1.33 bits per heavy atom. The Morgan fingerprint density at radius 3 is 2.92 bits per heavy atom. The second-order valence-electron chi connectivity index (χ2n) is 5.16. The van der Waals surface area contributed by atoms with E-state index < -0.39 is 0 Å². The van der Waals surface area contributed by atoms with Crippen molar-refractivity contribution in [1.29, 1.82) is 0 Å². The summed E-state index contributed by atoms with van der Waals surface area (Å²) < 4.78 is 5.36. The monoisotopic (exact) mass is 343 g/mol. The van der Waals surface area contributed by atoms with E-state index in [-0.39, 0.29) is 25.0 Å². The van der Waals surface area contributed by atoms with Gasteiger partial charge in [0.25, 0.3) is 11.8 Å². The third-order valence-corrected chi connectivity index (χ3v) is 4.48. The van der Waals surface area contributed by atoms with Crippen LogP contribution in [0.5, 0.6) is 5.75 Å². The van der Waals surface area contributed by atoms with Gasteiger partial charge < -0.3 is 4.74 Å². The van der Waals surface area contributed by atoms with Crippen LogP contribution in [0.4, 0.5) is 5.69 Å². The third kappa shape index (κ3) is 3.46. The lowest BCUT2D eigenvalue weighted by molar-refractivity contribution is -0.125. The summed E-state index contributed by atoms with van der Waals surface area (Å²) in [6.45, 7) is 1.82. The molecule has 2 amide bonds. The average molecular weight is 343 g/mol. The summed E-state index contributed by atoms with van der Waals surface area (Å²) in [5.41, 5.74) is 3.95. The van der Waals surface area contributed by atoms with Crippen LogP contribution in [0, 0.1) is 0 Å². The first kappa shape index (κ1) is 16.2. The Hall–Kier alpha value is -2.67. The SMILES string of the molecule is CC/C(=N/NC(=O)CN1C(=O)COc2ccccc21)c1cccs1. The molecule has 1 aliphatic heterocycles. The molecule has 0 fully saturated rings. The smallest absolute Gasteiger partial charge is 0.265 e. The van der Waals surface area contributed by atoms with E-state index in [4.69, 9.17) is 4.74 Å². The van der Waals surface area contributed by atoms with Gasteiger partial charge in [-0.05, 0) is 30.0 Å². The number of ether oxygens (including phenoxy) is 1. The van der Waals surface area contributed by atoms with E-state index >= 15 is 0 Å². The second kappa shape index (κ2) is 7.27. The quantitative estimate of drug-likeness (QED) is 0.669. The third-order valence-electron chi connectivity index (χ3n) is 3.57. The maximum absolute atomic E-state index is 12.2. The Bertz CT molecular complexity index is 771. The maximum Gasteiger partial charge on any atom is 0.265 e. The molecule has 2 heterocycles. The van der Waals surface area contributed by atoms with E-state index in [0.717, 1.165) is 10.6 Å². The number of thiophene rings is 1. The van der Waals surface area contributed by atoms with Crippen LogP contribution in [0.1, 0.15) is 18.2 Å². The molecule has 0 radical (unpaired) electrons. The zero-order valence-electron chi connectivity index (χ0n) is 13.2. The van der Waals surface area contributed by atoms with Gasteiger partial charge in [0.2, 0.25) is 0 Å². The van der Waals surface area contributed by atoms with E-state index in [2.05, 4.69) is 10.5 Å². The van der Waals surface area contributed by atoms with Gasteiger partial charge in [0.1, 0.15) is 12.3 Å². The first-order valence-corrected chi connectivity index (χ1v) is 8.48. The van der Waals surface area contributed by atoms with Crippen molar-refractivity contribution in [1.82, 2.24) is 5.43 Å². The first-order valence-electron chi connectivity index (χ1n) is 7.60. The summed E-state index contributed by atoms with van der Waals surface area (Å²) in [6, 6.07) is 11.1. The highest BCUT2D eigenvalue weighted by molar-refractivity contribution is 7.12. The molecule has 1 N–H and O–H groups in total. The zero-order chi connectivity index (χ0) is 16.9. The van der Waals surface area contributed by atoms with Gasteiger partial charge in [-0.15, -0.1) is 11.3 Å². The van der Waals surface area contributed by atoms with Crippen molar-refractivity contribution in [2.24, 2.45) is 5.10 Å². The molecule has 2 aromatic rings. The average Bonchev–Trinajstić information content (AvgIpc) is 3.12. The molecule has 0 unspecified atom stereocenters. The molecular formula is C17H17N3O3S. The molecule has 1 aromatic heterocycles. The number of hydrazone groups is 1. The largest absolute Gasteiger partial charge is 0.482 e. The van der Waals surface area contributed by atoms with Gasteiger partial charge in [-0.2, -0.15) is 5.10 Å². The molecule has 6 nitrogen and oxygen atoms in total. The Balaban J connectivity index is 1.70. The number of rotatable bonds is 5. The van der Waals surface area contributed by atoms with Gasteiger partial charge in [0, 0.05) is 0 Å². The number of anilines is 1. The molecule has 0 atom stereocenters. The first-order chi connectivity index (χ1) is 11.7. The molecule has 124 valence electrons. The van der Waals surface area contributed by atoms with E-state index in [1.54, 1.807) is 29.5 Å². The van der Waals surface area contributed by atoms with Gasteiger partial charge in [-0.25, -0.2) is 5.43 Å². The summed E-state index contributed by atoms with van der Waals surface area (Å²) in [7, 11) is 0. The Morgan fingerprint density at radius 2 is 2.17 bits per heavy atom. The lowest BCUT2D eigenvalue weighted by Crippen LogP contribution is -2.44. The number of para-hydroxylation sites is 2. The molecule has 0 spiro atoms. The van der Waals surface area contributed by atoms with Gasteiger partial charge in [-0.3, -0.25) is 14.5 Å². The molecule has 0 aliphatic carbocycles. The number of carbonyl (C=O) groups is 2. The number of fused-ring (bicyclic) bond motifs is 1. The van der Waals surface area contributed by atoms with Gasteiger partial charge in [0.05, 0.1) is 16.3 Å². The molecule has 3 rings (SSSR count). The van der Waals surface area contributed by atoms with E-state index in [9.17, 15) is 9.59 Å². The van der Waals surface area contributed by atoms with Crippen LogP contribution < -0.4 is 15.1 Å². The minimum absolute atomic E-state index is 0.0665. The van der Waals surface area contributed by atoms with Crippen LogP contribution >= 0.6 is 11.3 Å². The highest BCUT2D eigenvalue weighted by Crippen LogP contribution is 2.31. The number of hydrogen-bond donors (Lipinski definition) is 1. The molecule has 24 heavy (non-hydrogen) atoms. The van der Waals surface area contributed by atoms with Crippen molar-refractivity contribution in [3.05, 3.63) is 46.7 Å². The molecule has 7 heteroatoms. The van der Waals surface area contributed by atoms with Crippen LogP contribution in [0.3, 0.4) is 0 Å². The number of hydrogen-bond acceptors (Lipinski definition) is 5. The molecular weight excluding hydrogens is 326 g/mol. The fourth-order valence-electron chi connectivity index (χ4n) is 2.39. The summed E-state index contributed by atoms with van der Waals surface area (Å²) in [6.07, 6.45) is 0.708. The standard InChI is InChI=1S/C17H17N3O3S/c1-2-12(15-8-5-9-24-15)18-19-16(21)10-20-13-6-3-4-7-14(13)23-11-17(20)22/h3-9H,2,10-11H2,1H3,(H,19,21)/b18-12-. The van der Waals surface area contributed by atoms with Gasteiger partial charge in [-0.1, -0.05) is 25.1 Å². The van der Waals surface area contributed by atoms with E-state index in [1.165, 1.54) is 4.90 Å². The minimum Gasteiger partial charge on any atom is -0.482 e. The molecule has 1 aromatic carbocycles. The van der Waals surface area contributed by atoms with Crippen molar-refractivity contribution in [3.63, 3.8) is 0 Å². The van der Waals surface area contributed by atoms with Crippen LogP contribution in [0.15, 0.2) is 46.9 Å². The Labute approximate surface area is 143 Å². The van der Waals surface area contributed by atoms with Crippen LogP contribution in [0.2, 0.25) is 0 Å². The predicted molar refractivity (Wildman–Crippen MR) is 93.6 cm³/mol. The number of nitrogens with zero attached hydrogens (tertiary/aromatic N) is 2. The second-order valence-corrected chi connectivity index (χ2v) is 6.11. The summed E-state index contributed by atoms with van der Waals surface area (Å²) in [5, 5.41) is 6.15. The molecule has 1 aliphatic rings. The molecule has 0 saturated carbocycles. The van der Waals surface area contributed by atoms with Crippen molar-refractivity contribution in [2.45, 2.75) is 13.3 Å². The van der Waals surface area contributed by atoms with Crippen molar-refractivity contribution in [2.75, 3.05) is 18.1 Å². The fourth-order valence-corrected chi connectivity index (χ4v) is 3.17. The van der Waals surface area contributed by atoms with Crippen LogP contribution in [0.25, 0.3) is 0 Å². The lowest BCUT2D eigenvalue weighted by atomic mass is 10.2. The van der Waals surface area contributed by atoms with Crippen molar-refractivity contribution < 1.29 is 14.3 Å². The van der Waals surface area contributed by atoms with Gasteiger partial charge >= 0.3 is 0 Å². The van der Waals surface area contributed by atoms with Crippen LogP contribution in [-0.2, 0) is 9.59 Å². The van der Waals surface area contributed by atoms with Crippen LogP contribution in [-0.4, -0.2) is 30.7 Å².